The van der Waals surface area contributed by atoms with E-state index in [1.165, 1.54) is 12.1 Å². The minimum Gasteiger partial charge on any atom is -0.475 e. The van der Waals surface area contributed by atoms with Gasteiger partial charge < -0.3 is 20.6 Å². The van der Waals surface area contributed by atoms with Crippen LogP contribution in [0.2, 0.25) is 0 Å². The van der Waals surface area contributed by atoms with Gasteiger partial charge in [0.15, 0.2) is 0 Å². The third kappa shape index (κ3) is 9.05. The fourth-order valence-electron chi connectivity index (χ4n) is 3.06. The van der Waals surface area contributed by atoms with Crippen molar-refractivity contribution in [3.63, 3.8) is 0 Å². The van der Waals surface area contributed by atoms with Gasteiger partial charge in [-0.15, -0.1) is 0 Å². The number of nitrogens with zero attached hydrogens (tertiary/aromatic N) is 1. The number of carboxylic acid groups (broad SMARTS) is 1. The Bertz CT molecular complexity index is 1150. The summed E-state index contributed by atoms with van der Waals surface area (Å²) >= 11 is 0. The second-order valence-electron chi connectivity index (χ2n) is 7.42. The van der Waals surface area contributed by atoms with Crippen molar-refractivity contribution in [1.82, 2.24) is 10.6 Å². The third-order valence-electron chi connectivity index (χ3n) is 4.65. The molecule has 1 fully saturated rings. The zero-order valence-electron chi connectivity index (χ0n) is 18.5. The molecule has 1 aliphatic rings. The van der Waals surface area contributed by atoms with Crippen LogP contribution < -0.4 is 20.3 Å². The van der Waals surface area contributed by atoms with Gasteiger partial charge in [-0.1, -0.05) is 18.2 Å². The minimum atomic E-state index is -5.08. The van der Waals surface area contributed by atoms with Crippen molar-refractivity contribution >= 4 is 33.3 Å². The van der Waals surface area contributed by atoms with E-state index in [1.54, 1.807) is 30.3 Å². The van der Waals surface area contributed by atoms with Gasteiger partial charge in [0, 0.05) is 43.9 Å². The number of amides is 1. The Labute approximate surface area is 199 Å². The van der Waals surface area contributed by atoms with E-state index in [-0.39, 0.29) is 6.54 Å². The molecule has 9 nitrogen and oxygen atoms in total. The second kappa shape index (κ2) is 11.8. The fourth-order valence-corrected chi connectivity index (χ4v) is 3.62. The Morgan fingerprint density at radius 1 is 1.11 bits per heavy atom. The highest BCUT2D eigenvalue weighted by Crippen LogP contribution is 2.28. The lowest BCUT2D eigenvalue weighted by atomic mass is 10.1. The molecular formula is C21H24F4N4O5S. The summed E-state index contributed by atoms with van der Waals surface area (Å²) < 4.78 is 71.5. The summed E-state index contributed by atoms with van der Waals surface area (Å²) in [5, 5.41) is 13.0. The van der Waals surface area contributed by atoms with Crippen LogP contribution in [0.4, 0.5) is 28.9 Å². The molecule has 1 saturated heterocycles. The molecule has 1 aliphatic heterocycles. The number of piperazine rings is 1. The maximum Gasteiger partial charge on any atom is 0.490 e. The number of carboxylic acids is 1. The Kier molecular flexibility index (Phi) is 9.42. The third-order valence-corrected chi connectivity index (χ3v) is 5.24. The van der Waals surface area contributed by atoms with Crippen LogP contribution in [0.3, 0.4) is 0 Å². The van der Waals surface area contributed by atoms with Gasteiger partial charge >= 0.3 is 12.1 Å². The molecule has 35 heavy (non-hydrogen) atoms. The number of hydrogen-bond donors (Lipinski definition) is 4. The first-order chi connectivity index (χ1) is 16.3. The van der Waals surface area contributed by atoms with Crippen LogP contribution in [0.1, 0.15) is 15.9 Å². The molecule has 0 bridgehead atoms. The Morgan fingerprint density at radius 3 is 2.26 bits per heavy atom. The number of alkyl halides is 3. The van der Waals surface area contributed by atoms with Crippen LogP contribution in [-0.4, -0.2) is 64.0 Å². The molecule has 0 atom stereocenters. The largest absolute Gasteiger partial charge is 0.490 e. The summed E-state index contributed by atoms with van der Waals surface area (Å²) in [6, 6.07) is 11.1. The van der Waals surface area contributed by atoms with Gasteiger partial charge in [-0.25, -0.2) is 17.6 Å². The maximum absolute atomic E-state index is 13.7. The molecule has 2 aromatic carbocycles. The average Bonchev–Trinajstić information content (AvgIpc) is 2.77. The first kappa shape index (κ1) is 27.9. The van der Waals surface area contributed by atoms with Crippen LogP contribution in [0, 0.1) is 5.82 Å². The van der Waals surface area contributed by atoms with Gasteiger partial charge in [0.1, 0.15) is 5.82 Å². The molecule has 192 valence electrons. The molecule has 1 amide bonds. The predicted octanol–water partition coefficient (Wildman–Crippen LogP) is 2.17. The molecule has 4 N–H and O–H groups in total. The predicted molar refractivity (Wildman–Crippen MR) is 121 cm³/mol. The fraction of sp³-hybridized carbons (Fsp3) is 0.333. The molecule has 0 radical (unpaired) electrons. The Hall–Kier alpha value is -3.39. The summed E-state index contributed by atoms with van der Waals surface area (Å²) in [6.45, 7) is 3.10. The van der Waals surface area contributed by atoms with E-state index >= 15 is 0 Å². The molecule has 14 heteroatoms. The molecule has 0 aromatic heterocycles. The van der Waals surface area contributed by atoms with E-state index in [1.807, 2.05) is 0 Å². The number of sulfonamides is 1. The molecule has 1 heterocycles. The zero-order valence-corrected chi connectivity index (χ0v) is 19.3. The van der Waals surface area contributed by atoms with Crippen molar-refractivity contribution in [2.45, 2.75) is 12.7 Å². The summed E-state index contributed by atoms with van der Waals surface area (Å²) in [5.74, 6) is -3.56. The van der Waals surface area contributed by atoms with Crippen molar-refractivity contribution in [3.05, 3.63) is 59.4 Å². The lowest BCUT2D eigenvalue weighted by Crippen LogP contribution is -2.43. The maximum atomic E-state index is 13.7. The van der Waals surface area contributed by atoms with Crippen molar-refractivity contribution in [3.8, 4) is 0 Å². The van der Waals surface area contributed by atoms with Gasteiger partial charge in [0.25, 0.3) is 5.91 Å². The second-order valence-corrected chi connectivity index (χ2v) is 9.17. The van der Waals surface area contributed by atoms with Gasteiger partial charge in [0.05, 0.1) is 17.6 Å². The van der Waals surface area contributed by atoms with E-state index in [0.29, 0.717) is 16.8 Å². The van der Waals surface area contributed by atoms with Crippen molar-refractivity contribution < 1.29 is 40.7 Å². The van der Waals surface area contributed by atoms with Crippen molar-refractivity contribution in [2.24, 2.45) is 0 Å². The first-order valence-corrected chi connectivity index (χ1v) is 12.1. The molecular weight excluding hydrogens is 496 g/mol. The van der Waals surface area contributed by atoms with Gasteiger partial charge in [-0.2, -0.15) is 13.2 Å². The molecule has 2 aromatic rings. The summed E-state index contributed by atoms with van der Waals surface area (Å²) in [4.78, 5) is 23.5. The molecule has 0 aliphatic carbocycles. The summed E-state index contributed by atoms with van der Waals surface area (Å²) in [7, 11) is -3.52. The quantitative estimate of drug-likeness (QED) is 0.430. The number of hydrogen-bond acceptors (Lipinski definition) is 6. The van der Waals surface area contributed by atoms with Gasteiger partial charge in [-0.05, 0) is 24.3 Å². The number of rotatable bonds is 6. The van der Waals surface area contributed by atoms with E-state index in [2.05, 4.69) is 20.3 Å². The van der Waals surface area contributed by atoms with E-state index in [4.69, 9.17) is 9.90 Å². The summed E-state index contributed by atoms with van der Waals surface area (Å²) in [5.41, 5.74) is 1.74. The van der Waals surface area contributed by atoms with Crippen LogP contribution >= 0.6 is 0 Å². The summed E-state index contributed by atoms with van der Waals surface area (Å²) in [6.07, 6.45) is -4.01. The number of anilines is 2. The standard InChI is InChI=1S/C19H23FN4O3S.C2HF3O2/c1-28(26,27)23-17-12-14(6-7-18(17)24-10-8-21-9-11-24)19(25)22-13-15-4-2-3-5-16(15)20;3-2(4,5)1(6)7/h2-7,12,21,23H,8-11,13H2,1H3,(H,22,25);(H,6,7). The normalized spacial score (nSPS) is 13.9. The zero-order chi connectivity index (χ0) is 26.2. The highest BCUT2D eigenvalue weighted by Gasteiger charge is 2.38. The van der Waals surface area contributed by atoms with Gasteiger partial charge in [-0.3, -0.25) is 9.52 Å². The highest BCUT2D eigenvalue weighted by atomic mass is 32.2. The van der Waals surface area contributed by atoms with Crippen molar-refractivity contribution in [2.75, 3.05) is 42.1 Å². The lowest BCUT2D eigenvalue weighted by molar-refractivity contribution is -0.192. The minimum absolute atomic E-state index is 0.0416. The van der Waals surface area contributed by atoms with E-state index < -0.39 is 33.9 Å². The number of carbonyl (C=O) groups is 2. The number of aliphatic carboxylic acids is 1. The number of carbonyl (C=O) groups excluding carboxylic acids is 1. The molecule has 3 rings (SSSR count). The number of nitrogens with one attached hydrogen (secondary N) is 3. The molecule has 0 saturated carbocycles. The van der Waals surface area contributed by atoms with Gasteiger partial charge in [0.2, 0.25) is 10.0 Å². The van der Waals surface area contributed by atoms with E-state index in [0.717, 1.165) is 38.1 Å². The molecule has 0 spiro atoms. The van der Waals surface area contributed by atoms with E-state index in [9.17, 15) is 30.8 Å². The Balaban J connectivity index is 0.000000540. The molecule has 0 unspecified atom stereocenters. The number of benzene rings is 2. The lowest BCUT2D eigenvalue weighted by Gasteiger charge is -2.31. The SMILES string of the molecule is CS(=O)(=O)Nc1cc(C(=O)NCc2ccccc2F)ccc1N1CCNCC1.O=C(O)C(F)(F)F. The van der Waals surface area contributed by atoms with Crippen molar-refractivity contribution in [1.29, 1.82) is 0 Å². The topological polar surface area (TPSA) is 128 Å². The van der Waals surface area contributed by atoms with Crippen LogP contribution in [0.25, 0.3) is 0 Å². The first-order valence-electron chi connectivity index (χ1n) is 10.2. The smallest absolute Gasteiger partial charge is 0.475 e. The highest BCUT2D eigenvalue weighted by molar-refractivity contribution is 7.92. The Morgan fingerprint density at radius 2 is 1.71 bits per heavy atom. The van der Waals surface area contributed by atoms with Crippen LogP contribution in [0.5, 0.6) is 0 Å². The van der Waals surface area contributed by atoms with Crippen LogP contribution in [0.15, 0.2) is 42.5 Å². The number of halogens is 4. The average molecular weight is 521 g/mol. The monoisotopic (exact) mass is 520 g/mol. The van der Waals surface area contributed by atoms with Crippen LogP contribution in [-0.2, 0) is 21.4 Å².